The number of rotatable bonds is 6. The topological polar surface area (TPSA) is 110 Å². The molecule has 176 valence electrons. The molecular formula is C27H31N5O2. The Morgan fingerprint density at radius 3 is 2.50 bits per heavy atom. The molecule has 7 nitrogen and oxygen atoms in total. The number of ether oxygens (including phenoxy) is 1. The molecule has 4 rings (SSSR count). The van der Waals surface area contributed by atoms with Gasteiger partial charge < -0.3 is 20.7 Å². The molecule has 34 heavy (non-hydrogen) atoms. The Bertz CT molecular complexity index is 1110. The van der Waals surface area contributed by atoms with E-state index in [9.17, 15) is 10.1 Å². The summed E-state index contributed by atoms with van der Waals surface area (Å²) in [5.41, 5.74) is 3.85. The van der Waals surface area contributed by atoms with Crippen LogP contribution in [-0.4, -0.2) is 18.6 Å². The first-order valence-electron chi connectivity index (χ1n) is 12.0. The summed E-state index contributed by atoms with van der Waals surface area (Å²) in [4.78, 5) is 11.9. The second-order valence-electron chi connectivity index (χ2n) is 9.08. The Balaban J connectivity index is 1.79. The molecule has 0 spiro atoms. The summed E-state index contributed by atoms with van der Waals surface area (Å²) in [6, 6.07) is 15.6. The van der Waals surface area contributed by atoms with Gasteiger partial charge in [-0.3, -0.25) is 4.79 Å². The van der Waals surface area contributed by atoms with E-state index >= 15 is 0 Å². The average molecular weight is 458 g/mol. The number of nitrogens with zero attached hydrogens (tertiary/aromatic N) is 2. The summed E-state index contributed by atoms with van der Waals surface area (Å²) in [5, 5.41) is 29.6. The Hall–Kier alpha value is -3.71. The SMILES string of the molecule is CCOc1cc2c(cc1NC(C)=O)C(Nc1ccc(C#N)cc1)C(C#N)C(C1CCCCC1)N2. The minimum atomic E-state index is -0.311. The summed E-state index contributed by atoms with van der Waals surface area (Å²) in [7, 11) is 0. The van der Waals surface area contributed by atoms with Crippen molar-refractivity contribution in [3.8, 4) is 17.9 Å². The lowest BCUT2D eigenvalue weighted by Crippen LogP contribution is -2.45. The number of amides is 1. The van der Waals surface area contributed by atoms with Gasteiger partial charge in [0.05, 0.1) is 42.0 Å². The number of hydrogen-bond donors (Lipinski definition) is 3. The molecule has 0 radical (unpaired) electrons. The number of nitrogens with one attached hydrogen (secondary N) is 3. The first-order valence-corrected chi connectivity index (χ1v) is 12.0. The molecule has 0 aromatic heterocycles. The van der Waals surface area contributed by atoms with Gasteiger partial charge >= 0.3 is 0 Å². The standard InChI is InChI=1S/C27H31N5O2/c1-3-34-25-14-23-21(13-24(25)30-17(2)33)27(31-20-11-9-18(15-28)10-12-20)22(16-29)26(32-23)19-7-5-4-6-8-19/h9-14,19,22,26-27,31-32H,3-8H2,1-2H3,(H,30,33). The van der Waals surface area contributed by atoms with E-state index in [1.807, 2.05) is 31.2 Å². The van der Waals surface area contributed by atoms with E-state index in [4.69, 9.17) is 10.00 Å². The molecule has 1 aliphatic carbocycles. The van der Waals surface area contributed by atoms with Crippen LogP contribution in [-0.2, 0) is 4.79 Å². The molecular weight excluding hydrogens is 426 g/mol. The number of anilines is 3. The molecule has 1 saturated carbocycles. The smallest absolute Gasteiger partial charge is 0.221 e. The van der Waals surface area contributed by atoms with Crippen LogP contribution in [0, 0.1) is 34.5 Å². The Morgan fingerprint density at radius 2 is 1.88 bits per heavy atom. The Kier molecular flexibility index (Phi) is 7.23. The zero-order chi connectivity index (χ0) is 24.1. The van der Waals surface area contributed by atoms with Gasteiger partial charge in [-0.1, -0.05) is 19.3 Å². The van der Waals surface area contributed by atoms with E-state index in [-0.39, 0.29) is 23.9 Å². The maximum Gasteiger partial charge on any atom is 0.221 e. The second kappa shape index (κ2) is 10.5. The van der Waals surface area contributed by atoms with Crippen molar-refractivity contribution in [2.24, 2.45) is 11.8 Å². The lowest BCUT2D eigenvalue weighted by molar-refractivity contribution is -0.114. The third kappa shape index (κ3) is 4.94. The average Bonchev–Trinajstić information content (AvgIpc) is 2.85. The van der Waals surface area contributed by atoms with Gasteiger partial charge in [0.25, 0.3) is 0 Å². The highest BCUT2D eigenvalue weighted by atomic mass is 16.5. The van der Waals surface area contributed by atoms with Crippen molar-refractivity contribution in [3.05, 3.63) is 47.5 Å². The molecule has 3 N–H and O–H groups in total. The monoisotopic (exact) mass is 457 g/mol. The molecule has 1 fully saturated rings. The van der Waals surface area contributed by atoms with Crippen LogP contribution in [0.25, 0.3) is 0 Å². The molecule has 2 aliphatic rings. The molecule has 7 heteroatoms. The highest BCUT2D eigenvalue weighted by Gasteiger charge is 2.41. The van der Waals surface area contributed by atoms with Gasteiger partial charge in [0, 0.05) is 36.0 Å². The zero-order valence-electron chi connectivity index (χ0n) is 19.7. The van der Waals surface area contributed by atoms with E-state index in [0.717, 1.165) is 29.8 Å². The quantitative estimate of drug-likeness (QED) is 0.522. The molecule has 0 saturated heterocycles. The lowest BCUT2D eigenvalue weighted by atomic mass is 9.73. The third-order valence-electron chi connectivity index (χ3n) is 6.81. The number of carbonyl (C=O) groups excluding carboxylic acids is 1. The molecule has 0 bridgehead atoms. The Morgan fingerprint density at radius 1 is 1.15 bits per heavy atom. The maximum atomic E-state index is 11.9. The minimum Gasteiger partial charge on any atom is -0.492 e. The van der Waals surface area contributed by atoms with Crippen LogP contribution in [0.1, 0.15) is 63.1 Å². The van der Waals surface area contributed by atoms with Crippen LogP contribution in [0.3, 0.4) is 0 Å². The van der Waals surface area contributed by atoms with E-state index in [1.165, 1.54) is 26.2 Å². The van der Waals surface area contributed by atoms with Crippen LogP contribution in [0.15, 0.2) is 36.4 Å². The number of fused-ring (bicyclic) bond motifs is 1. The van der Waals surface area contributed by atoms with E-state index in [2.05, 4.69) is 28.1 Å². The van der Waals surface area contributed by atoms with Crippen LogP contribution < -0.4 is 20.7 Å². The van der Waals surface area contributed by atoms with Crippen LogP contribution in [0.2, 0.25) is 0 Å². The van der Waals surface area contributed by atoms with E-state index in [1.54, 1.807) is 12.1 Å². The first kappa shape index (κ1) is 23.4. The predicted octanol–water partition coefficient (Wildman–Crippen LogP) is 5.58. The molecule has 2 aromatic carbocycles. The van der Waals surface area contributed by atoms with Gasteiger partial charge in [0.15, 0.2) is 0 Å². The van der Waals surface area contributed by atoms with Crippen LogP contribution in [0.5, 0.6) is 5.75 Å². The Labute approximate surface area is 201 Å². The molecule has 3 atom stereocenters. The number of benzene rings is 2. The fraction of sp³-hybridized carbons (Fsp3) is 0.444. The van der Waals surface area contributed by atoms with Crippen LogP contribution in [0.4, 0.5) is 17.1 Å². The predicted molar refractivity (Wildman–Crippen MR) is 133 cm³/mol. The molecule has 3 unspecified atom stereocenters. The van der Waals surface area contributed by atoms with Crippen molar-refractivity contribution in [2.75, 3.05) is 22.6 Å². The zero-order valence-corrected chi connectivity index (χ0v) is 19.7. The summed E-state index contributed by atoms with van der Waals surface area (Å²) in [5.74, 6) is 0.536. The molecule has 2 aromatic rings. The van der Waals surface area contributed by atoms with Gasteiger partial charge in [-0.05, 0) is 56.0 Å². The van der Waals surface area contributed by atoms with Crippen molar-refractivity contribution in [2.45, 2.75) is 58.0 Å². The molecule has 1 aliphatic heterocycles. The summed E-state index contributed by atoms with van der Waals surface area (Å²) < 4.78 is 5.85. The normalized spacial score (nSPS) is 21.8. The van der Waals surface area contributed by atoms with Crippen molar-refractivity contribution in [1.29, 1.82) is 10.5 Å². The van der Waals surface area contributed by atoms with Gasteiger partial charge in [-0.25, -0.2) is 0 Å². The van der Waals surface area contributed by atoms with Crippen molar-refractivity contribution in [3.63, 3.8) is 0 Å². The second-order valence-corrected chi connectivity index (χ2v) is 9.08. The molecule has 1 heterocycles. The first-order chi connectivity index (χ1) is 16.5. The number of carbonyl (C=O) groups is 1. The fourth-order valence-electron chi connectivity index (χ4n) is 5.26. The van der Waals surface area contributed by atoms with E-state index in [0.29, 0.717) is 29.5 Å². The highest BCUT2D eigenvalue weighted by molar-refractivity contribution is 5.91. The summed E-state index contributed by atoms with van der Waals surface area (Å²) in [6.07, 6.45) is 5.84. The maximum absolute atomic E-state index is 11.9. The largest absolute Gasteiger partial charge is 0.492 e. The van der Waals surface area contributed by atoms with Crippen molar-refractivity contribution in [1.82, 2.24) is 0 Å². The number of hydrogen-bond acceptors (Lipinski definition) is 6. The summed E-state index contributed by atoms with van der Waals surface area (Å²) in [6.45, 7) is 3.86. The third-order valence-corrected chi connectivity index (χ3v) is 6.81. The fourth-order valence-corrected chi connectivity index (χ4v) is 5.26. The van der Waals surface area contributed by atoms with Crippen molar-refractivity contribution >= 4 is 23.0 Å². The number of nitriles is 2. The van der Waals surface area contributed by atoms with Gasteiger partial charge in [-0.15, -0.1) is 0 Å². The van der Waals surface area contributed by atoms with Crippen LogP contribution >= 0.6 is 0 Å². The van der Waals surface area contributed by atoms with Crippen molar-refractivity contribution < 1.29 is 9.53 Å². The van der Waals surface area contributed by atoms with Gasteiger partial charge in [0.1, 0.15) is 5.75 Å². The van der Waals surface area contributed by atoms with Gasteiger partial charge in [-0.2, -0.15) is 10.5 Å². The molecule has 1 amide bonds. The highest BCUT2D eigenvalue weighted by Crippen LogP contribution is 2.46. The lowest BCUT2D eigenvalue weighted by Gasteiger charge is -2.43. The minimum absolute atomic E-state index is 0.00905. The van der Waals surface area contributed by atoms with Gasteiger partial charge in [0.2, 0.25) is 5.91 Å². The van der Waals surface area contributed by atoms with E-state index < -0.39 is 0 Å². The summed E-state index contributed by atoms with van der Waals surface area (Å²) >= 11 is 0.